The van der Waals surface area contributed by atoms with Crippen molar-refractivity contribution in [2.24, 2.45) is 11.3 Å². The summed E-state index contributed by atoms with van der Waals surface area (Å²) in [5.74, 6) is 0.874. The highest BCUT2D eigenvalue weighted by Gasteiger charge is 2.41. The molecule has 1 aliphatic carbocycles. The summed E-state index contributed by atoms with van der Waals surface area (Å²) in [5, 5.41) is 0. The topological polar surface area (TPSA) is 0 Å². The lowest BCUT2D eigenvalue weighted by Gasteiger charge is -2.04. The Labute approximate surface area is 77.1 Å². The molecule has 2 unspecified atom stereocenters. The van der Waals surface area contributed by atoms with E-state index in [-0.39, 0.29) is 0 Å². The van der Waals surface area contributed by atoms with Crippen LogP contribution in [-0.2, 0) is 0 Å². The Hall–Kier alpha value is -0.260. The van der Waals surface area contributed by atoms with Gasteiger partial charge < -0.3 is 0 Å². The summed E-state index contributed by atoms with van der Waals surface area (Å²) in [5.41, 5.74) is 2.32. The largest absolute Gasteiger partial charge is 0.0845 e. The van der Waals surface area contributed by atoms with E-state index in [4.69, 9.17) is 0 Å². The molecule has 1 fully saturated rings. The van der Waals surface area contributed by atoms with Crippen molar-refractivity contribution >= 4 is 0 Å². The summed E-state index contributed by atoms with van der Waals surface area (Å²) in [7, 11) is 0. The first-order chi connectivity index (χ1) is 5.62. The first kappa shape index (κ1) is 9.83. The van der Waals surface area contributed by atoms with E-state index >= 15 is 0 Å². The average Bonchev–Trinajstić information content (AvgIpc) is 2.74. The zero-order valence-corrected chi connectivity index (χ0v) is 8.98. The highest BCUT2D eigenvalue weighted by molar-refractivity contribution is 5.30. The highest BCUT2D eigenvalue weighted by atomic mass is 14.5. The molecule has 70 valence electrons. The quantitative estimate of drug-likeness (QED) is 0.550. The molecule has 0 aromatic rings. The van der Waals surface area contributed by atoms with Gasteiger partial charge in [0.25, 0.3) is 0 Å². The van der Waals surface area contributed by atoms with E-state index in [1.54, 1.807) is 5.57 Å². The Kier molecular flexibility index (Phi) is 2.98. The first-order valence-corrected chi connectivity index (χ1v) is 5.32. The summed E-state index contributed by atoms with van der Waals surface area (Å²) in [4.78, 5) is 0. The molecule has 0 aromatic heterocycles. The lowest BCUT2D eigenvalue weighted by molar-refractivity contribution is 0.560. The third kappa shape index (κ3) is 2.12. The lowest BCUT2D eigenvalue weighted by Crippen LogP contribution is -1.90. The van der Waals surface area contributed by atoms with Crippen LogP contribution in [0, 0.1) is 11.3 Å². The highest BCUT2D eigenvalue weighted by Crippen LogP contribution is 2.54. The van der Waals surface area contributed by atoms with Crippen molar-refractivity contribution in [1.29, 1.82) is 0 Å². The van der Waals surface area contributed by atoms with Gasteiger partial charge in [0.1, 0.15) is 0 Å². The fraction of sp³-hybridized carbons (Fsp3) is 0.833. The maximum absolute atomic E-state index is 2.48. The predicted octanol–water partition coefficient (Wildman–Crippen LogP) is 4.17. The van der Waals surface area contributed by atoms with Gasteiger partial charge >= 0.3 is 0 Å². The molecule has 0 bridgehead atoms. The molecule has 0 saturated heterocycles. The molecular weight excluding hydrogens is 144 g/mol. The minimum absolute atomic E-state index is 0.605. The summed E-state index contributed by atoms with van der Waals surface area (Å²) >= 11 is 0. The van der Waals surface area contributed by atoms with Crippen LogP contribution < -0.4 is 0 Å². The Balaban J connectivity index is 2.32. The number of hydrogen-bond donors (Lipinski definition) is 0. The van der Waals surface area contributed by atoms with Crippen LogP contribution in [0.1, 0.15) is 53.4 Å². The second-order valence-corrected chi connectivity index (χ2v) is 4.57. The van der Waals surface area contributed by atoms with E-state index in [1.165, 1.54) is 25.7 Å². The van der Waals surface area contributed by atoms with Crippen LogP contribution in [0.4, 0.5) is 0 Å². The van der Waals surface area contributed by atoms with E-state index in [9.17, 15) is 0 Å². The van der Waals surface area contributed by atoms with Gasteiger partial charge in [-0.1, -0.05) is 45.8 Å². The van der Waals surface area contributed by atoms with Gasteiger partial charge in [0.2, 0.25) is 0 Å². The van der Waals surface area contributed by atoms with Crippen LogP contribution in [-0.4, -0.2) is 0 Å². The smallest absolute Gasteiger partial charge is 0.00814 e. The lowest BCUT2D eigenvalue weighted by atomic mass is 10.0. The average molecular weight is 166 g/mol. The van der Waals surface area contributed by atoms with E-state index in [1.807, 2.05) is 0 Å². The van der Waals surface area contributed by atoms with Crippen molar-refractivity contribution in [2.45, 2.75) is 53.4 Å². The molecule has 1 rings (SSSR count). The molecule has 0 radical (unpaired) electrons. The van der Waals surface area contributed by atoms with E-state index < -0.39 is 0 Å². The van der Waals surface area contributed by atoms with Crippen molar-refractivity contribution in [3.05, 3.63) is 11.6 Å². The maximum atomic E-state index is 2.48. The van der Waals surface area contributed by atoms with Crippen molar-refractivity contribution in [1.82, 2.24) is 0 Å². The summed E-state index contributed by atoms with van der Waals surface area (Å²) < 4.78 is 0. The Morgan fingerprint density at radius 3 is 2.58 bits per heavy atom. The SMILES string of the molecule is CCC(C)CC=C1CC1(C)CC. The predicted molar refractivity (Wildman–Crippen MR) is 55.2 cm³/mol. The van der Waals surface area contributed by atoms with Crippen molar-refractivity contribution in [3.8, 4) is 0 Å². The molecule has 0 heterocycles. The van der Waals surface area contributed by atoms with E-state index in [0.717, 1.165) is 5.92 Å². The van der Waals surface area contributed by atoms with Gasteiger partial charge in [0.15, 0.2) is 0 Å². The number of hydrogen-bond acceptors (Lipinski definition) is 0. The molecular formula is C12H22. The van der Waals surface area contributed by atoms with Crippen LogP contribution in [0.15, 0.2) is 11.6 Å². The van der Waals surface area contributed by atoms with Crippen molar-refractivity contribution in [2.75, 3.05) is 0 Å². The minimum atomic E-state index is 0.605. The van der Waals surface area contributed by atoms with Gasteiger partial charge in [-0.3, -0.25) is 0 Å². The molecule has 0 spiro atoms. The van der Waals surface area contributed by atoms with Crippen LogP contribution in [0.25, 0.3) is 0 Å². The van der Waals surface area contributed by atoms with E-state index in [2.05, 4.69) is 33.8 Å². The van der Waals surface area contributed by atoms with Crippen LogP contribution >= 0.6 is 0 Å². The third-order valence-electron chi connectivity index (χ3n) is 3.47. The normalized spacial score (nSPS) is 33.8. The zero-order chi connectivity index (χ0) is 9.19. The Morgan fingerprint density at radius 2 is 2.17 bits per heavy atom. The van der Waals surface area contributed by atoms with Gasteiger partial charge in [-0.05, 0) is 30.6 Å². The summed E-state index contributed by atoms with van der Waals surface area (Å²) in [6, 6.07) is 0. The maximum Gasteiger partial charge on any atom is -0.00814 e. The zero-order valence-electron chi connectivity index (χ0n) is 8.98. The molecule has 0 amide bonds. The Bertz CT molecular complexity index is 178. The third-order valence-corrected chi connectivity index (χ3v) is 3.47. The van der Waals surface area contributed by atoms with Crippen molar-refractivity contribution < 1.29 is 0 Å². The van der Waals surface area contributed by atoms with Gasteiger partial charge in [-0.15, -0.1) is 0 Å². The number of rotatable bonds is 4. The van der Waals surface area contributed by atoms with Gasteiger partial charge in [-0.25, -0.2) is 0 Å². The van der Waals surface area contributed by atoms with E-state index in [0.29, 0.717) is 5.41 Å². The van der Waals surface area contributed by atoms with Crippen LogP contribution in [0.3, 0.4) is 0 Å². The molecule has 12 heavy (non-hydrogen) atoms. The van der Waals surface area contributed by atoms with Crippen LogP contribution in [0.2, 0.25) is 0 Å². The summed E-state index contributed by atoms with van der Waals surface area (Å²) in [6.07, 6.45) is 7.77. The molecule has 0 aliphatic heterocycles. The standard InChI is InChI=1S/C12H22/c1-5-10(3)7-8-11-9-12(11,4)6-2/h8,10H,5-7,9H2,1-4H3. The second-order valence-electron chi connectivity index (χ2n) is 4.57. The fourth-order valence-corrected chi connectivity index (χ4v) is 1.56. The number of allylic oxidation sites excluding steroid dienone is 2. The van der Waals surface area contributed by atoms with Crippen LogP contribution in [0.5, 0.6) is 0 Å². The fourth-order valence-electron chi connectivity index (χ4n) is 1.56. The molecule has 2 atom stereocenters. The second kappa shape index (κ2) is 3.64. The molecule has 1 aliphatic rings. The molecule has 1 saturated carbocycles. The van der Waals surface area contributed by atoms with Gasteiger partial charge in [-0.2, -0.15) is 0 Å². The van der Waals surface area contributed by atoms with Crippen molar-refractivity contribution in [3.63, 3.8) is 0 Å². The monoisotopic (exact) mass is 166 g/mol. The first-order valence-electron chi connectivity index (χ1n) is 5.32. The Morgan fingerprint density at radius 1 is 1.50 bits per heavy atom. The minimum Gasteiger partial charge on any atom is -0.0845 e. The summed E-state index contributed by atoms with van der Waals surface area (Å²) in [6.45, 7) is 9.29. The molecule has 0 heteroatoms. The molecule has 0 nitrogen and oxygen atoms in total. The van der Waals surface area contributed by atoms with Gasteiger partial charge in [0.05, 0.1) is 0 Å². The molecule has 0 N–H and O–H groups in total. The molecule has 0 aromatic carbocycles. The van der Waals surface area contributed by atoms with Gasteiger partial charge in [0, 0.05) is 0 Å².